The molecule has 1 aliphatic rings. The molecule has 0 aliphatic carbocycles. The van der Waals surface area contributed by atoms with E-state index in [0.717, 1.165) is 32.7 Å². The van der Waals surface area contributed by atoms with Crippen molar-refractivity contribution < 1.29 is 4.79 Å². The Morgan fingerprint density at radius 2 is 1.50 bits per heavy atom. The highest BCUT2D eigenvalue weighted by Gasteiger charge is 2.22. The SMILES string of the molecule is N=C(N)c1ccc(C(=O)N2CCN(Cc3ccccc3)CC2)cc1. The Kier molecular flexibility index (Phi) is 4.91. The molecule has 0 bridgehead atoms. The van der Waals surface area contributed by atoms with Crippen molar-refractivity contribution in [2.75, 3.05) is 26.2 Å². The lowest BCUT2D eigenvalue weighted by atomic mass is 10.1. The van der Waals surface area contributed by atoms with Crippen molar-refractivity contribution in [2.24, 2.45) is 5.73 Å². The van der Waals surface area contributed by atoms with Crippen LogP contribution in [0.2, 0.25) is 0 Å². The van der Waals surface area contributed by atoms with Gasteiger partial charge in [-0.15, -0.1) is 0 Å². The van der Waals surface area contributed by atoms with Crippen molar-refractivity contribution in [1.82, 2.24) is 9.80 Å². The van der Waals surface area contributed by atoms with E-state index in [4.69, 9.17) is 11.1 Å². The fourth-order valence-corrected chi connectivity index (χ4v) is 2.93. The van der Waals surface area contributed by atoms with Crippen LogP contribution in [0.1, 0.15) is 21.5 Å². The predicted molar refractivity (Wildman–Crippen MR) is 95.1 cm³/mol. The molecule has 0 unspecified atom stereocenters. The summed E-state index contributed by atoms with van der Waals surface area (Å²) in [6.07, 6.45) is 0. The number of nitrogen functional groups attached to an aromatic ring is 1. The summed E-state index contributed by atoms with van der Waals surface area (Å²) >= 11 is 0. The minimum Gasteiger partial charge on any atom is -0.384 e. The highest BCUT2D eigenvalue weighted by molar-refractivity contribution is 5.98. The molecule has 0 aromatic heterocycles. The second-order valence-corrected chi connectivity index (χ2v) is 6.04. The lowest BCUT2D eigenvalue weighted by Gasteiger charge is -2.34. The maximum Gasteiger partial charge on any atom is 0.253 e. The second-order valence-electron chi connectivity index (χ2n) is 6.04. The summed E-state index contributed by atoms with van der Waals surface area (Å²) in [5, 5.41) is 7.40. The summed E-state index contributed by atoms with van der Waals surface area (Å²) in [5.74, 6) is 0.0630. The van der Waals surface area contributed by atoms with Crippen molar-refractivity contribution in [2.45, 2.75) is 6.54 Å². The number of hydrogen-bond acceptors (Lipinski definition) is 3. The monoisotopic (exact) mass is 322 g/mol. The van der Waals surface area contributed by atoms with Gasteiger partial charge in [-0.25, -0.2) is 0 Å². The highest BCUT2D eigenvalue weighted by Crippen LogP contribution is 2.12. The molecule has 2 aromatic rings. The molecule has 1 amide bonds. The van der Waals surface area contributed by atoms with Crippen LogP contribution in [0.4, 0.5) is 0 Å². The average Bonchev–Trinajstić information content (AvgIpc) is 2.63. The van der Waals surface area contributed by atoms with E-state index in [2.05, 4.69) is 29.2 Å². The number of benzene rings is 2. The van der Waals surface area contributed by atoms with Crippen LogP contribution < -0.4 is 5.73 Å². The van der Waals surface area contributed by atoms with Crippen LogP contribution in [0.15, 0.2) is 54.6 Å². The van der Waals surface area contributed by atoms with E-state index in [1.54, 1.807) is 24.3 Å². The van der Waals surface area contributed by atoms with Gasteiger partial charge in [0.1, 0.15) is 5.84 Å². The molecule has 0 spiro atoms. The molecular formula is C19H22N4O. The summed E-state index contributed by atoms with van der Waals surface area (Å²) < 4.78 is 0. The normalized spacial score (nSPS) is 15.2. The van der Waals surface area contributed by atoms with Crippen LogP contribution >= 0.6 is 0 Å². The van der Waals surface area contributed by atoms with E-state index in [1.165, 1.54) is 5.56 Å². The lowest BCUT2D eigenvalue weighted by Crippen LogP contribution is -2.48. The molecule has 0 saturated carbocycles. The number of rotatable bonds is 4. The minimum absolute atomic E-state index is 0.0172. The van der Waals surface area contributed by atoms with Crippen molar-refractivity contribution >= 4 is 11.7 Å². The fraction of sp³-hybridized carbons (Fsp3) is 0.263. The van der Waals surface area contributed by atoms with Crippen LogP contribution in [-0.2, 0) is 6.54 Å². The third kappa shape index (κ3) is 3.81. The van der Waals surface area contributed by atoms with E-state index in [9.17, 15) is 4.79 Å². The zero-order valence-electron chi connectivity index (χ0n) is 13.6. The maximum absolute atomic E-state index is 12.6. The first-order valence-corrected chi connectivity index (χ1v) is 8.13. The molecule has 1 fully saturated rings. The molecule has 5 nitrogen and oxygen atoms in total. The summed E-state index contributed by atoms with van der Waals surface area (Å²) in [7, 11) is 0. The van der Waals surface area contributed by atoms with Crippen molar-refractivity contribution in [3.8, 4) is 0 Å². The summed E-state index contributed by atoms with van der Waals surface area (Å²) in [5.41, 5.74) is 8.03. The fourth-order valence-electron chi connectivity index (χ4n) is 2.93. The average molecular weight is 322 g/mol. The standard InChI is InChI=1S/C19H22N4O/c20-18(21)16-6-8-17(9-7-16)19(24)23-12-10-22(11-13-23)14-15-4-2-1-3-5-15/h1-9H,10-14H2,(H3,20,21). The molecule has 5 heteroatoms. The van der Waals surface area contributed by atoms with Gasteiger partial charge in [-0.05, 0) is 17.7 Å². The number of amides is 1. The van der Waals surface area contributed by atoms with Crippen LogP contribution in [0.25, 0.3) is 0 Å². The molecule has 0 radical (unpaired) electrons. The zero-order chi connectivity index (χ0) is 16.9. The highest BCUT2D eigenvalue weighted by atomic mass is 16.2. The maximum atomic E-state index is 12.6. The molecule has 2 aromatic carbocycles. The van der Waals surface area contributed by atoms with Crippen molar-refractivity contribution in [3.05, 3.63) is 71.3 Å². The number of piperazine rings is 1. The molecule has 3 N–H and O–H groups in total. The number of nitrogens with two attached hydrogens (primary N) is 1. The van der Waals surface area contributed by atoms with Gasteiger partial charge >= 0.3 is 0 Å². The number of nitrogens with one attached hydrogen (secondary N) is 1. The van der Waals surface area contributed by atoms with E-state index >= 15 is 0 Å². The third-order valence-electron chi connectivity index (χ3n) is 4.35. The van der Waals surface area contributed by atoms with Crippen molar-refractivity contribution in [3.63, 3.8) is 0 Å². The van der Waals surface area contributed by atoms with Crippen molar-refractivity contribution in [1.29, 1.82) is 5.41 Å². The quantitative estimate of drug-likeness (QED) is 0.667. The largest absolute Gasteiger partial charge is 0.384 e. The Bertz CT molecular complexity index is 704. The van der Waals surface area contributed by atoms with E-state index in [1.807, 2.05) is 11.0 Å². The van der Waals surface area contributed by atoms with E-state index < -0.39 is 0 Å². The Hall–Kier alpha value is -2.66. The smallest absolute Gasteiger partial charge is 0.253 e. The number of amidine groups is 1. The molecule has 1 saturated heterocycles. The minimum atomic E-state index is 0.0172. The number of nitrogens with zero attached hydrogens (tertiary/aromatic N) is 2. The van der Waals surface area contributed by atoms with Crippen LogP contribution in [0.3, 0.4) is 0 Å². The van der Waals surface area contributed by atoms with Crippen LogP contribution in [0.5, 0.6) is 0 Å². The number of carbonyl (C=O) groups is 1. The molecule has 1 heterocycles. The van der Waals surface area contributed by atoms with E-state index in [0.29, 0.717) is 11.1 Å². The summed E-state index contributed by atoms with van der Waals surface area (Å²) in [6.45, 7) is 4.16. The second kappa shape index (κ2) is 7.27. The summed E-state index contributed by atoms with van der Waals surface area (Å²) in [6, 6.07) is 17.3. The molecule has 124 valence electrons. The Morgan fingerprint density at radius 3 is 2.08 bits per heavy atom. The third-order valence-corrected chi connectivity index (χ3v) is 4.35. The van der Waals surface area contributed by atoms with Crippen LogP contribution in [0, 0.1) is 5.41 Å². The number of hydrogen-bond donors (Lipinski definition) is 2. The lowest BCUT2D eigenvalue weighted by molar-refractivity contribution is 0.0628. The Morgan fingerprint density at radius 1 is 0.917 bits per heavy atom. The molecule has 3 rings (SSSR count). The van der Waals surface area contributed by atoms with Crippen LogP contribution in [-0.4, -0.2) is 47.7 Å². The van der Waals surface area contributed by atoms with Gasteiger partial charge in [0.2, 0.25) is 0 Å². The van der Waals surface area contributed by atoms with Gasteiger partial charge in [0.15, 0.2) is 0 Å². The Labute approximate surface area is 142 Å². The van der Waals surface area contributed by atoms with Gasteiger partial charge < -0.3 is 10.6 Å². The van der Waals surface area contributed by atoms with E-state index in [-0.39, 0.29) is 11.7 Å². The Balaban J connectivity index is 1.56. The molecule has 0 atom stereocenters. The van der Waals surface area contributed by atoms with Gasteiger partial charge in [-0.2, -0.15) is 0 Å². The van der Waals surface area contributed by atoms with Gasteiger partial charge in [0.25, 0.3) is 5.91 Å². The molecule has 24 heavy (non-hydrogen) atoms. The van der Waals surface area contributed by atoms with Gasteiger partial charge in [-0.3, -0.25) is 15.1 Å². The number of carbonyl (C=O) groups excluding carboxylic acids is 1. The van der Waals surface area contributed by atoms with Gasteiger partial charge in [-0.1, -0.05) is 42.5 Å². The topological polar surface area (TPSA) is 73.4 Å². The molecule has 1 aliphatic heterocycles. The van der Waals surface area contributed by atoms with Gasteiger partial charge in [0, 0.05) is 43.9 Å². The van der Waals surface area contributed by atoms with Gasteiger partial charge in [0.05, 0.1) is 0 Å². The summed E-state index contributed by atoms with van der Waals surface area (Å²) in [4.78, 5) is 16.8. The first-order chi connectivity index (χ1) is 11.6. The predicted octanol–water partition coefficient (Wildman–Crippen LogP) is 1.93. The molecular weight excluding hydrogens is 300 g/mol. The first kappa shape index (κ1) is 16.2. The zero-order valence-corrected chi connectivity index (χ0v) is 13.6. The first-order valence-electron chi connectivity index (χ1n) is 8.13.